The number of benzene rings is 2. The van der Waals surface area contributed by atoms with Crippen LogP contribution in [0.1, 0.15) is 38.4 Å². The largest absolute Gasteiger partial charge is 0.465 e. The number of esters is 1. The summed E-state index contributed by atoms with van der Waals surface area (Å²) in [6, 6.07) is 15.8. The van der Waals surface area contributed by atoms with E-state index in [1.807, 2.05) is 43.5 Å². The van der Waals surface area contributed by atoms with E-state index >= 15 is 0 Å². The van der Waals surface area contributed by atoms with Crippen LogP contribution in [0.5, 0.6) is 0 Å². The minimum absolute atomic E-state index is 0.323. The van der Waals surface area contributed by atoms with Crippen molar-refractivity contribution in [1.29, 1.82) is 0 Å². The summed E-state index contributed by atoms with van der Waals surface area (Å²) in [4.78, 5) is 16.4. The number of hydrogen-bond donors (Lipinski definition) is 0. The van der Waals surface area contributed by atoms with E-state index in [1.54, 1.807) is 6.07 Å². The number of ether oxygens (including phenoxy) is 1. The zero-order valence-corrected chi connectivity index (χ0v) is 16.4. The van der Waals surface area contributed by atoms with Crippen molar-refractivity contribution in [3.63, 3.8) is 0 Å². The highest BCUT2D eigenvalue weighted by Crippen LogP contribution is 2.24. The van der Waals surface area contributed by atoms with E-state index in [9.17, 15) is 4.79 Å². The SMILES string of the molecule is COC(=O)c1ccc(-n2c(C)cc(C=Nc3ccccc3C)c2C)c(C)c1. The van der Waals surface area contributed by atoms with Crippen LogP contribution in [0.25, 0.3) is 5.69 Å². The zero-order valence-electron chi connectivity index (χ0n) is 16.4. The number of carbonyl (C=O) groups excluding carboxylic acids is 1. The van der Waals surface area contributed by atoms with Crippen LogP contribution in [0.3, 0.4) is 0 Å². The average molecular weight is 360 g/mol. The first-order valence-electron chi connectivity index (χ1n) is 8.90. The number of aryl methyl sites for hydroxylation is 3. The van der Waals surface area contributed by atoms with Gasteiger partial charge in [0.15, 0.2) is 0 Å². The number of hydrogen-bond acceptors (Lipinski definition) is 3. The third-order valence-corrected chi connectivity index (χ3v) is 4.79. The molecule has 27 heavy (non-hydrogen) atoms. The molecule has 4 heteroatoms. The second kappa shape index (κ2) is 7.62. The molecule has 4 nitrogen and oxygen atoms in total. The zero-order chi connectivity index (χ0) is 19.6. The summed E-state index contributed by atoms with van der Waals surface area (Å²) in [5, 5.41) is 0. The second-order valence-electron chi connectivity index (χ2n) is 6.70. The molecule has 0 fully saturated rings. The minimum Gasteiger partial charge on any atom is -0.465 e. The Bertz CT molecular complexity index is 1030. The molecule has 0 aliphatic rings. The highest BCUT2D eigenvalue weighted by Gasteiger charge is 2.13. The molecule has 0 atom stereocenters. The predicted molar refractivity (Wildman–Crippen MR) is 110 cm³/mol. The first kappa shape index (κ1) is 18.6. The van der Waals surface area contributed by atoms with Crippen LogP contribution in [-0.2, 0) is 4.74 Å². The smallest absolute Gasteiger partial charge is 0.337 e. The van der Waals surface area contributed by atoms with Gasteiger partial charge < -0.3 is 9.30 Å². The van der Waals surface area contributed by atoms with Gasteiger partial charge in [-0.05, 0) is 69.2 Å². The van der Waals surface area contributed by atoms with Gasteiger partial charge in [-0.3, -0.25) is 4.99 Å². The normalized spacial score (nSPS) is 11.1. The third-order valence-electron chi connectivity index (χ3n) is 4.79. The number of aromatic nitrogens is 1. The molecular formula is C23H24N2O2. The Morgan fingerprint density at radius 3 is 2.41 bits per heavy atom. The molecule has 2 aromatic carbocycles. The predicted octanol–water partition coefficient (Wildman–Crippen LogP) is 5.25. The Morgan fingerprint density at radius 1 is 1.00 bits per heavy atom. The van der Waals surface area contributed by atoms with Gasteiger partial charge in [0.2, 0.25) is 0 Å². The van der Waals surface area contributed by atoms with Crippen LogP contribution in [0, 0.1) is 27.7 Å². The molecule has 0 aliphatic carbocycles. The number of nitrogens with zero attached hydrogens (tertiary/aromatic N) is 2. The molecule has 0 radical (unpaired) electrons. The number of rotatable bonds is 4. The summed E-state index contributed by atoms with van der Waals surface area (Å²) in [5.41, 5.74) is 8.05. The lowest BCUT2D eigenvalue weighted by molar-refractivity contribution is 0.0600. The van der Waals surface area contributed by atoms with Crippen LogP contribution in [0.2, 0.25) is 0 Å². The van der Waals surface area contributed by atoms with E-state index in [0.717, 1.165) is 39.5 Å². The highest BCUT2D eigenvalue weighted by molar-refractivity contribution is 5.90. The van der Waals surface area contributed by atoms with Gasteiger partial charge in [-0.15, -0.1) is 0 Å². The number of para-hydroxylation sites is 1. The molecule has 3 aromatic rings. The van der Waals surface area contributed by atoms with E-state index in [-0.39, 0.29) is 5.97 Å². The van der Waals surface area contributed by atoms with Gasteiger partial charge in [0.05, 0.1) is 18.4 Å². The van der Waals surface area contributed by atoms with E-state index in [0.29, 0.717) is 5.56 Å². The molecule has 1 aromatic heterocycles. The molecule has 0 bridgehead atoms. The molecule has 0 N–H and O–H groups in total. The molecule has 0 saturated heterocycles. The summed E-state index contributed by atoms with van der Waals surface area (Å²) in [7, 11) is 1.39. The molecule has 0 saturated carbocycles. The van der Waals surface area contributed by atoms with Gasteiger partial charge in [0.1, 0.15) is 0 Å². The third kappa shape index (κ3) is 3.70. The number of aliphatic imine (C=N–C) groups is 1. The van der Waals surface area contributed by atoms with Crippen molar-refractivity contribution in [2.24, 2.45) is 4.99 Å². The molecule has 138 valence electrons. The maximum atomic E-state index is 11.8. The van der Waals surface area contributed by atoms with Crippen LogP contribution >= 0.6 is 0 Å². The topological polar surface area (TPSA) is 43.6 Å². The summed E-state index contributed by atoms with van der Waals surface area (Å²) in [6.07, 6.45) is 1.92. The molecule has 0 unspecified atom stereocenters. The fourth-order valence-electron chi connectivity index (χ4n) is 3.29. The lowest BCUT2D eigenvalue weighted by Crippen LogP contribution is -2.06. The van der Waals surface area contributed by atoms with E-state index in [1.165, 1.54) is 7.11 Å². The molecular weight excluding hydrogens is 336 g/mol. The Labute approximate surface area is 160 Å². The van der Waals surface area contributed by atoms with Gasteiger partial charge in [0.25, 0.3) is 0 Å². The summed E-state index contributed by atoms with van der Waals surface area (Å²) < 4.78 is 7.00. The van der Waals surface area contributed by atoms with Crippen molar-refractivity contribution in [2.75, 3.05) is 7.11 Å². The maximum absolute atomic E-state index is 11.8. The van der Waals surface area contributed by atoms with Crippen molar-refractivity contribution in [1.82, 2.24) is 4.57 Å². The summed E-state index contributed by atoms with van der Waals surface area (Å²) >= 11 is 0. The van der Waals surface area contributed by atoms with Crippen molar-refractivity contribution < 1.29 is 9.53 Å². The highest BCUT2D eigenvalue weighted by atomic mass is 16.5. The summed E-state index contributed by atoms with van der Waals surface area (Å²) in [5.74, 6) is -0.323. The van der Waals surface area contributed by atoms with E-state index < -0.39 is 0 Å². The molecule has 0 spiro atoms. The van der Waals surface area contributed by atoms with Crippen LogP contribution in [-0.4, -0.2) is 23.9 Å². The Balaban J connectivity index is 1.99. The van der Waals surface area contributed by atoms with Gasteiger partial charge in [0, 0.05) is 28.9 Å². The van der Waals surface area contributed by atoms with Crippen LogP contribution < -0.4 is 0 Å². The van der Waals surface area contributed by atoms with E-state index in [4.69, 9.17) is 4.74 Å². The molecule has 3 rings (SSSR count). The van der Waals surface area contributed by atoms with Crippen LogP contribution in [0.4, 0.5) is 5.69 Å². The van der Waals surface area contributed by atoms with Gasteiger partial charge in [-0.25, -0.2) is 4.79 Å². The first-order valence-corrected chi connectivity index (χ1v) is 8.90. The first-order chi connectivity index (χ1) is 12.9. The van der Waals surface area contributed by atoms with Gasteiger partial charge in [-0.1, -0.05) is 18.2 Å². The van der Waals surface area contributed by atoms with Crippen molar-refractivity contribution >= 4 is 17.9 Å². The van der Waals surface area contributed by atoms with Gasteiger partial charge in [-0.2, -0.15) is 0 Å². The number of methoxy groups -OCH3 is 1. The Hall–Kier alpha value is -3.14. The lowest BCUT2D eigenvalue weighted by atomic mass is 10.1. The fourth-order valence-corrected chi connectivity index (χ4v) is 3.29. The summed E-state index contributed by atoms with van der Waals surface area (Å²) in [6.45, 7) is 8.22. The standard InChI is InChI=1S/C23H24N2O2/c1-15-8-6-7-9-21(15)24-14-20-13-17(3)25(18(20)4)22-11-10-19(12-16(22)2)23(26)27-5/h6-14H,1-5H3. The fraction of sp³-hybridized carbons (Fsp3) is 0.217. The lowest BCUT2D eigenvalue weighted by Gasteiger charge is -2.13. The maximum Gasteiger partial charge on any atom is 0.337 e. The minimum atomic E-state index is -0.323. The van der Waals surface area contributed by atoms with Crippen molar-refractivity contribution in [3.05, 3.63) is 82.2 Å². The molecule has 0 aliphatic heterocycles. The Kier molecular flexibility index (Phi) is 5.26. The number of carbonyl (C=O) groups is 1. The van der Waals surface area contributed by atoms with Gasteiger partial charge >= 0.3 is 5.97 Å². The quantitative estimate of drug-likeness (QED) is 0.471. The van der Waals surface area contributed by atoms with Crippen LogP contribution in [0.15, 0.2) is 53.5 Å². The molecule has 1 heterocycles. The molecule has 0 amide bonds. The monoisotopic (exact) mass is 360 g/mol. The van der Waals surface area contributed by atoms with Crippen molar-refractivity contribution in [2.45, 2.75) is 27.7 Å². The average Bonchev–Trinajstić information content (AvgIpc) is 2.94. The second-order valence-corrected chi connectivity index (χ2v) is 6.70. The van der Waals surface area contributed by atoms with E-state index in [2.05, 4.69) is 42.5 Å². The van der Waals surface area contributed by atoms with Crippen molar-refractivity contribution in [3.8, 4) is 5.69 Å². The Morgan fingerprint density at radius 2 is 1.74 bits per heavy atom.